The van der Waals surface area contributed by atoms with Crippen molar-refractivity contribution in [2.75, 3.05) is 31.1 Å². The Morgan fingerprint density at radius 3 is 2.43 bits per heavy atom. The topological polar surface area (TPSA) is 45.7 Å². The molecule has 1 amide bonds. The number of hydrogen-bond donors (Lipinski definition) is 0. The third kappa shape index (κ3) is 4.29. The number of halogens is 1. The van der Waals surface area contributed by atoms with Gasteiger partial charge in [-0.25, -0.2) is 4.98 Å². The molecule has 1 unspecified atom stereocenters. The molecular weight excluding hydrogens is 442 g/mol. The van der Waals surface area contributed by atoms with E-state index in [1.54, 1.807) is 0 Å². The van der Waals surface area contributed by atoms with Crippen molar-refractivity contribution in [3.63, 3.8) is 0 Å². The summed E-state index contributed by atoms with van der Waals surface area (Å²) in [4.78, 5) is 21.9. The summed E-state index contributed by atoms with van der Waals surface area (Å²) in [5, 5.41) is 1.20. The van der Waals surface area contributed by atoms with Gasteiger partial charge in [-0.3, -0.25) is 4.79 Å². The van der Waals surface area contributed by atoms with Crippen molar-refractivity contribution >= 4 is 38.6 Å². The number of benzene rings is 2. The number of anilines is 1. The van der Waals surface area contributed by atoms with Crippen molar-refractivity contribution in [1.29, 1.82) is 0 Å². The molecule has 30 heavy (non-hydrogen) atoms. The largest absolute Gasteiger partial charge is 0.481 e. The van der Waals surface area contributed by atoms with Crippen LogP contribution in [0.2, 0.25) is 0 Å². The van der Waals surface area contributed by atoms with Gasteiger partial charge in [0.1, 0.15) is 11.6 Å². The van der Waals surface area contributed by atoms with Crippen molar-refractivity contribution in [2.45, 2.75) is 26.9 Å². The zero-order chi connectivity index (χ0) is 21.3. The number of aryl methyl sites for hydroxylation is 2. The number of piperazine rings is 1. The second-order valence-corrected chi connectivity index (χ2v) is 8.71. The third-order valence-electron chi connectivity index (χ3n) is 5.62. The highest BCUT2D eigenvalue weighted by Crippen LogP contribution is 2.25. The fourth-order valence-electron chi connectivity index (χ4n) is 3.89. The SMILES string of the molecule is Cc1cc(N2CCN(C(=O)C(C)Oc3ccc(Br)cc3)CC2)nc2c(C)cccc12. The molecule has 3 aromatic rings. The van der Waals surface area contributed by atoms with Gasteiger partial charge in [0.2, 0.25) is 0 Å². The maximum atomic E-state index is 12.8. The Bertz CT molecular complexity index is 1060. The first kappa shape index (κ1) is 20.7. The number of rotatable bonds is 4. The Morgan fingerprint density at radius 2 is 1.73 bits per heavy atom. The van der Waals surface area contributed by atoms with Crippen LogP contribution in [-0.4, -0.2) is 48.1 Å². The summed E-state index contributed by atoms with van der Waals surface area (Å²) in [7, 11) is 0. The lowest BCUT2D eigenvalue weighted by Gasteiger charge is -2.36. The van der Waals surface area contributed by atoms with Gasteiger partial charge >= 0.3 is 0 Å². The van der Waals surface area contributed by atoms with E-state index in [0.29, 0.717) is 18.8 Å². The number of ether oxygens (including phenoxy) is 1. The molecule has 156 valence electrons. The lowest BCUT2D eigenvalue weighted by atomic mass is 10.1. The number of fused-ring (bicyclic) bond motifs is 1. The Labute approximate surface area is 185 Å². The number of aromatic nitrogens is 1. The van der Waals surface area contributed by atoms with Crippen molar-refractivity contribution in [2.24, 2.45) is 0 Å². The van der Waals surface area contributed by atoms with Gasteiger partial charge < -0.3 is 14.5 Å². The van der Waals surface area contributed by atoms with Gasteiger partial charge in [0.15, 0.2) is 6.10 Å². The monoisotopic (exact) mass is 467 g/mol. The number of para-hydroxylation sites is 1. The van der Waals surface area contributed by atoms with Crippen LogP contribution >= 0.6 is 15.9 Å². The van der Waals surface area contributed by atoms with Crippen LogP contribution < -0.4 is 9.64 Å². The number of pyridine rings is 1. The number of carbonyl (C=O) groups is 1. The lowest BCUT2D eigenvalue weighted by molar-refractivity contribution is -0.138. The molecule has 1 aliphatic rings. The second-order valence-electron chi connectivity index (χ2n) is 7.79. The average molecular weight is 468 g/mol. The molecular formula is C24H26BrN3O2. The Kier molecular flexibility index (Phi) is 5.95. The van der Waals surface area contributed by atoms with Crippen molar-refractivity contribution in [1.82, 2.24) is 9.88 Å². The van der Waals surface area contributed by atoms with Crippen LogP contribution in [-0.2, 0) is 4.79 Å². The number of nitrogens with zero attached hydrogens (tertiary/aromatic N) is 3. The number of carbonyl (C=O) groups excluding carboxylic acids is 1. The summed E-state index contributed by atoms with van der Waals surface area (Å²) >= 11 is 3.41. The van der Waals surface area contributed by atoms with E-state index >= 15 is 0 Å². The van der Waals surface area contributed by atoms with E-state index in [9.17, 15) is 4.79 Å². The van der Waals surface area contributed by atoms with Gasteiger partial charge in [0, 0.05) is 36.0 Å². The zero-order valence-electron chi connectivity index (χ0n) is 17.6. The highest BCUT2D eigenvalue weighted by molar-refractivity contribution is 9.10. The summed E-state index contributed by atoms with van der Waals surface area (Å²) in [6.07, 6.45) is -0.513. The van der Waals surface area contributed by atoms with Gasteiger partial charge in [-0.15, -0.1) is 0 Å². The summed E-state index contributed by atoms with van der Waals surface area (Å²) < 4.78 is 6.82. The molecule has 5 nitrogen and oxygen atoms in total. The van der Waals surface area contributed by atoms with Gasteiger partial charge in [-0.2, -0.15) is 0 Å². The molecule has 2 heterocycles. The molecule has 4 rings (SSSR count). The van der Waals surface area contributed by atoms with E-state index in [2.05, 4.69) is 58.9 Å². The van der Waals surface area contributed by atoms with Crippen LogP contribution in [0.3, 0.4) is 0 Å². The highest BCUT2D eigenvalue weighted by Gasteiger charge is 2.27. The first-order valence-corrected chi connectivity index (χ1v) is 11.0. The Hall–Kier alpha value is -2.60. The van der Waals surface area contributed by atoms with E-state index in [1.807, 2.05) is 36.1 Å². The fourth-order valence-corrected chi connectivity index (χ4v) is 4.15. The Balaban J connectivity index is 1.41. The predicted molar refractivity (Wildman–Crippen MR) is 124 cm³/mol. The number of amides is 1. The van der Waals surface area contributed by atoms with E-state index in [-0.39, 0.29) is 5.91 Å². The molecule has 1 atom stereocenters. The van der Waals surface area contributed by atoms with Crippen LogP contribution in [0.15, 0.2) is 53.0 Å². The highest BCUT2D eigenvalue weighted by atomic mass is 79.9. The molecule has 0 spiro atoms. The molecule has 1 saturated heterocycles. The molecule has 0 bridgehead atoms. The van der Waals surface area contributed by atoms with Crippen molar-refractivity contribution < 1.29 is 9.53 Å². The molecule has 0 aliphatic carbocycles. The van der Waals surface area contributed by atoms with E-state index < -0.39 is 6.10 Å². The molecule has 1 aliphatic heterocycles. The van der Waals surface area contributed by atoms with Crippen LogP contribution in [0.4, 0.5) is 5.82 Å². The smallest absolute Gasteiger partial charge is 0.263 e. The van der Waals surface area contributed by atoms with Crippen molar-refractivity contribution in [3.05, 3.63) is 64.1 Å². The molecule has 0 radical (unpaired) electrons. The molecule has 0 saturated carbocycles. The van der Waals surface area contributed by atoms with E-state index in [4.69, 9.17) is 9.72 Å². The second kappa shape index (κ2) is 8.64. The summed E-state index contributed by atoms with van der Waals surface area (Å²) in [5.41, 5.74) is 3.47. The molecule has 6 heteroatoms. The molecule has 1 aromatic heterocycles. The first-order valence-electron chi connectivity index (χ1n) is 10.3. The van der Waals surface area contributed by atoms with Crippen LogP contribution in [0.5, 0.6) is 5.75 Å². The minimum absolute atomic E-state index is 0.0241. The van der Waals surface area contributed by atoms with Crippen LogP contribution in [0, 0.1) is 13.8 Å². The predicted octanol–water partition coefficient (Wildman–Crippen LogP) is 4.73. The minimum Gasteiger partial charge on any atom is -0.481 e. The summed E-state index contributed by atoms with van der Waals surface area (Å²) in [6, 6.07) is 16.0. The van der Waals surface area contributed by atoms with E-state index in [1.165, 1.54) is 16.5 Å². The zero-order valence-corrected chi connectivity index (χ0v) is 19.1. The van der Waals surface area contributed by atoms with Crippen LogP contribution in [0.1, 0.15) is 18.1 Å². The third-order valence-corrected chi connectivity index (χ3v) is 6.15. The normalized spacial score (nSPS) is 15.3. The maximum Gasteiger partial charge on any atom is 0.263 e. The Morgan fingerprint density at radius 1 is 1.03 bits per heavy atom. The molecule has 2 aromatic carbocycles. The average Bonchev–Trinajstić information content (AvgIpc) is 2.75. The lowest BCUT2D eigenvalue weighted by Crippen LogP contribution is -2.52. The van der Waals surface area contributed by atoms with Gasteiger partial charge in [0.25, 0.3) is 5.91 Å². The van der Waals surface area contributed by atoms with E-state index in [0.717, 1.165) is 28.9 Å². The number of hydrogen-bond acceptors (Lipinski definition) is 4. The molecule has 0 N–H and O–H groups in total. The van der Waals surface area contributed by atoms with Gasteiger partial charge in [-0.1, -0.05) is 34.1 Å². The summed E-state index contributed by atoms with van der Waals surface area (Å²) in [5.74, 6) is 1.71. The standard InChI is InChI=1S/C24H26BrN3O2/c1-16-5-4-6-21-17(2)15-22(26-23(16)21)27-11-13-28(14-12-27)24(29)18(3)30-20-9-7-19(25)8-10-20/h4-10,15,18H,11-14H2,1-3H3. The molecule has 1 fully saturated rings. The van der Waals surface area contributed by atoms with Gasteiger partial charge in [-0.05, 0) is 62.2 Å². The van der Waals surface area contributed by atoms with Crippen LogP contribution in [0.25, 0.3) is 10.9 Å². The van der Waals surface area contributed by atoms with Crippen molar-refractivity contribution in [3.8, 4) is 5.75 Å². The fraction of sp³-hybridized carbons (Fsp3) is 0.333. The van der Waals surface area contributed by atoms with Gasteiger partial charge in [0.05, 0.1) is 5.52 Å². The maximum absolute atomic E-state index is 12.8. The quantitative estimate of drug-likeness (QED) is 0.556. The first-order chi connectivity index (χ1) is 14.4. The minimum atomic E-state index is -0.513. The summed E-state index contributed by atoms with van der Waals surface area (Å²) in [6.45, 7) is 8.91.